The highest BCUT2D eigenvalue weighted by atomic mass is 16.4. The van der Waals surface area contributed by atoms with Gasteiger partial charge in [-0.15, -0.1) is 0 Å². The van der Waals surface area contributed by atoms with Crippen LogP contribution in [0.4, 0.5) is 0 Å². The summed E-state index contributed by atoms with van der Waals surface area (Å²) in [5.41, 5.74) is 0. The normalized spacial score (nSPS) is 9.60. The van der Waals surface area contributed by atoms with Gasteiger partial charge >= 0.3 is 0 Å². The van der Waals surface area contributed by atoms with E-state index in [-0.39, 0.29) is 7.43 Å². The topological polar surface area (TPSA) is 26.0 Å². The SMILES string of the molecule is C.Cc1cnc(C(C)C)o1. The van der Waals surface area contributed by atoms with Crippen molar-refractivity contribution < 1.29 is 4.42 Å². The summed E-state index contributed by atoms with van der Waals surface area (Å²) in [5, 5.41) is 0. The van der Waals surface area contributed by atoms with Crippen LogP contribution in [0.5, 0.6) is 0 Å². The standard InChI is InChI=1S/C7H11NO.CH4/c1-5(2)7-8-4-6(3)9-7;/h4-5H,1-3H3;1H4. The molecular weight excluding hydrogens is 126 g/mol. The number of aromatic nitrogens is 1. The van der Waals surface area contributed by atoms with Crippen LogP contribution in [-0.2, 0) is 0 Å². The van der Waals surface area contributed by atoms with E-state index in [0.29, 0.717) is 5.92 Å². The van der Waals surface area contributed by atoms with E-state index in [1.54, 1.807) is 6.20 Å². The van der Waals surface area contributed by atoms with Crippen LogP contribution in [0.3, 0.4) is 0 Å². The summed E-state index contributed by atoms with van der Waals surface area (Å²) in [6, 6.07) is 0. The fourth-order valence-electron chi connectivity index (χ4n) is 0.639. The van der Waals surface area contributed by atoms with Crippen molar-refractivity contribution in [1.82, 2.24) is 4.98 Å². The first kappa shape index (κ1) is 9.21. The van der Waals surface area contributed by atoms with E-state index in [4.69, 9.17) is 4.42 Å². The van der Waals surface area contributed by atoms with Crippen LogP contribution in [0.15, 0.2) is 10.6 Å². The Morgan fingerprint density at radius 1 is 1.50 bits per heavy atom. The molecule has 1 aromatic heterocycles. The van der Waals surface area contributed by atoms with Gasteiger partial charge in [0.2, 0.25) is 0 Å². The number of nitrogens with zero attached hydrogens (tertiary/aromatic N) is 1. The van der Waals surface area contributed by atoms with Crippen LogP contribution in [0.2, 0.25) is 0 Å². The van der Waals surface area contributed by atoms with Gasteiger partial charge in [-0.05, 0) is 6.92 Å². The third-order valence-electron chi connectivity index (χ3n) is 1.13. The molecule has 0 saturated heterocycles. The predicted octanol–water partition coefficient (Wildman–Crippen LogP) is 2.74. The van der Waals surface area contributed by atoms with Gasteiger partial charge in [0, 0.05) is 5.92 Å². The molecule has 0 aliphatic rings. The first-order valence-corrected chi connectivity index (χ1v) is 3.12. The van der Waals surface area contributed by atoms with Crippen molar-refractivity contribution in [3.8, 4) is 0 Å². The molecule has 0 amide bonds. The summed E-state index contributed by atoms with van der Waals surface area (Å²) in [5.74, 6) is 2.12. The Kier molecular flexibility index (Phi) is 3.13. The molecular formula is C8H15NO. The zero-order valence-corrected chi connectivity index (χ0v) is 6.01. The third-order valence-corrected chi connectivity index (χ3v) is 1.13. The van der Waals surface area contributed by atoms with Crippen LogP contribution in [0.1, 0.15) is 38.8 Å². The van der Waals surface area contributed by atoms with Crippen molar-refractivity contribution in [3.63, 3.8) is 0 Å². The highest BCUT2D eigenvalue weighted by molar-refractivity contribution is 4.93. The molecule has 1 heterocycles. The molecule has 0 fully saturated rings. The molecule has 1 aromatic rings. The molecule has 0 saturated carbocycles. The Bertz CT molecular complexity index is 191. The van der Waals surface area contributed by atoms with Crippen LogP contribution in [0.25, 0.3) is 0 Å². The first-order valence-electron chi connectivity index (χ1n) is 3.12. The largest absolute Gasteiger partial charge is 0.446 e. The maximum atomic E-state index is 5.23. The molecule has 2 nitrogen and oxygen atoms in total. The van der Waals surface area contributed by atoms with Crippen molar-refractivity contribution >= 4 is 0 Å². The average Bonchev–Trinajstić information content (AvgIpc) is 2.14. The molecule has 1 rings (SSSR count). The van der Waals surface area contributed by atoms with Crippen molar-refractivity contribution in [3.05, 3.63) is 17.8 Å². The number of rotatable bonds is 1. The van der Waals surface area contributed by atoms with Crippen molar-refractivity contribution in [2.24, 2.45) is 0 Å². The second kappa shape index (κ2) is 3.40. The van der Waals surface area contributed by atoms with E-state index in [9.17, 15) is 0 Å². The fourth-order valence-corrected chi connectivity index (χ4v) is 0.639. The van der Waals surface area contributed by atoms with Gasteiger partial charge in [0.05, 0.1) is 6.20 Å². The molecule has 0 aromatic carbocycles. The molecule has 0 radical (unpaired) electrons. The number of aryl methyl sites for hydroxylation is 1. The average molecular weight is 141 g/mol. The van der Waals surface area contributed by atoms with Gasteiger partial charge in [0.1, 0.15) is 5.76 Å². The number of hydrogen-bond donors (Lipinski definition) is 0. The van der Waals surface area contributed by atoms with Gasteiger partial charge in [-0.25, -0.2) is 4.98 Å². The Hall–Kier alpha value is -0.790. The maximum absolute atomic E-state index is 5.23. The Balaban J connectivity index is 0.000000810. The van der Waals surface area contributed by atoms with E-state index in [1.165, 1.54) is 0 Å². The molecule has 58 valence electrons. The quantitative estimate of drug-likeness (QED) is 0.601. The molecule has 10 heavy (non-hydrogen) atoms. The molecule has 0 aliphatic heterocycles. The minimum Gasteiger partial charge on any atom is -0.446 e. The summed E-state index contributed by atoms with van der Waals surface area (Å²) >= 11 is 0. The van der Waals surface area contributed by atoms with E-state index in [1.807, 2.05) is 6.92 Å². The van der Waals surface area contributed by atoms with E-state index in [2.05, 4.69) is 18.8 Å². The monoisotopic (exact) mass is 141 g/mol. The lowest BCUT2D eigenvalue weighted by atomic mass is 10.2. The molecule has 0 unspecified atom stereocenters. The molecule has 0 N–H and O–H groups in total. The van der Waals surface area contributed by atoms with Gasteiger partial charge in [-0.2, -0.15) is 0 Å². The van der Waals surface area contributed by atoms with Gasteiger partial charge in [0.15, 0.2) is 5.89 Å². The first-order chi connectivity index (χ1) is 4.20. The van der Waals surface area contributed by atoms with E-state index in [0.717, 1.165) is 11.7 Å². The van der Waals surface area contributed by atoms with Crippen LogP contribution >= 0.6 is 0 Å². The molecule has 2 heteroatoms. The fraction of sp³-hybridized carbons (Fsp3) is 0.625. The lowest BCUT2D eigenvalue weighted by Gasteiger charge is -1.93. The Morgan fingerprint density at radius 3 is 2.30 bits per heavy atom. The zero-order chi connectivity index (χ0) is 6.85. The lowest BCUT2D eigenvalue weighted by Crippen LogP contribution is -1.84. The second-order valence-corrected chi connectivity index (χ2v) is 2.46. The highest BCUT2D eigenvalue weighted by Crippen LogP contribution is 2.12. The van der Waals surface area contributed by atoms with Crippen LogP contribution < -0.4 is 0 Å². The molecule has 0 atom stereocenters. The zero-order valence-electron chi connectivity index (χ0n) is 6.01. The van der Waals surface area contributed by atoms with E-state index >= 15 is 0 Å². The van der Waals surface area contributed by atoms with Crippen molar-refractivity contribution in [2.45, 2.75) is 34.1 Å². The summed E-state index contributed by atoms with van der Waals surface area (Å²) in [7, 11) is 0. The van der Waals surface area contributed by atoms with E-state index < -0.39 is 0 Å². The minimum absolute atomic E-state index is 0. The smallest absolute Gasteiger partial charge is 0.196 e. The molecule has 0 spiro atoms. The van der Waals surface area contributed by atoms with Gasteiger partial charge in [-0.3, -0.25) is 0 Å². The summed E-state index contributed by atoms with van der Waals surface area (Å²) < 4.78 is 5.23. The summed E-state index contributed by atoms with van der Waals surface area (Å²) in [4.78, 5) is 4.05. The van der Waals surface area contributed by atoms with Gasteiger partial charge in [0.25, 0.3) is 0 Å². The molecule has 0 bridgehead atoms. The van der Waals surface area contributed by atoms with Gasteiger partial charge < -0.3 is 4.42 Å². The van der Waals surface area contributed by atoms with Crippen molar-refractivity contribution in [2.75, 3.05) is 0 Å². The van der Waals surface area contributed by atoms with Crippen LogP contribution in [0, 0.1) is 6.92 Å². The minimum atomic E-state index is 0. The lowest BCUT2D eigenvalue weighted by molar-refractivity contribution is 0.450. The van der Waals surface area contributed by atoms with Gasteiger partial charge in [-0.1, -0.05) is 21.3 Å². The molecule has 0 aliphatic carbocycles. The summed E-state index contributed by atoms with van der Waals surface area (Å²) in [6.07, 6.45) is 1.75. The predicted molar refractivity (Wildman–Crippen MR) is 42.1 cm³/mol. The number of oxazole rings is 1. The highest BCUT2D eigenvalue weighted by Gasteiger charge is 2.03. The summed E-state index contributed by atoms with van der Waals surface area (Å²) in [6.45, 7) is 6.02. The van der Waals surface area contributed by atoms with Crippen LogP contribution in [-0.4, -0.2) is 4.98 Å². The Labute approximate surface area is 62.3 Å². The number of hydrogen-bond acceptors (Lipinski definition) is 2. The van der Waals surface area contributed by atoms with Crippen molar-refractivity contribution in [1.29, 1.82) is 0 Å². The third kappa shape index (κ3) is 1.87. The second-order valence-electron chi connectivity index (χ2n) is 2.46. The Morgan fingerprint density at radius 2 is 2.10 bits per heavy atom. The maximum Gasteiger partial charge on any atom is 0.196 e.